The topological polar surface area (TPSA) is 55.0 Å². The highest BCUT2D eigenvalue weighted by Gasteiger charge is 2.05. The maximum Gasteiger partial charge on any atom is 0.265 e. The van der Waals surface area contributed by atoms with Crippen LogP contribution in [0, 0.1) is 11.3 Å². The zero-order chi connectivity index (χ0) is 13.8. The lowest BCUT2D eigenvalue weighted by Gasteiger charge is -2.08. The maximum absolute atomic E-state index is 11.9. The van der Waals surface area contributed by atoms with E-state index in [0.717, 1.165) is 5.56 Å². The van der Waals surface area contributed by atoms with Crippen molar-refractivity contribution in [3.05, 3.63) is 62.5 Å². The van der Waals surface area contributed by atoms with Crippen LogP contribution in [-0.2, 0) is 6.54 Å². The van der Waals surface area contributed by atoms with E-state index in [4.69, 9.17) is 10.00 Å². The molecule has 0 saturated heterocycles. The predicted octanol–water partition coefficient (Wildman–Crippen LogP) is 2.54. The first kappa shape index (κ1) is 13.4. The molecule has 0 saturated carbocycles. The largest absolute Gasteiger partial charge is 0.495 e. The van der Waals surface area contributed by atoms with Crippen molar-refractivity contribution in [3.63, 3.8) is 0 Å². The first-order chi connectivity index (χ1) is 9.15. The summed E-state index contributed by atoms with van der Waals surface area (Å²) in [6.07, 6.45) is 1.71. The van der Waals surface area contributed by atoms with Crippen LogP contribution in [0.5, 0.6) is 5.75 Å². The number of hydrogen-bond donors (Lipinski definition) is 0. The van der Waals surface area contributed by atoms with Crippen LogP contribution >= 0.6 is 15.9 Å². The van der Waals surface area contributed by atoms with Crippen molar-refractivity contribution in [2.75, 3.05) is 7.11 Å². The summed E-state index contributed by atoms with van der Waals surface area (Å²) in [5.74, 6) is 0.535. The molecule has 0 amide bonds. The number of halogens is 1. The molecule has 0 aliphatic rings. The minimum absolute atomic E-state index is 0.100. The number of nitriles is 1. The van der Waals surface area contributed by atoms with Gasteiger partial charge in [0.05, 0.1) is 23.7 Å². The lowest BCUT2D eigenvalue weighted by atomic mass is 10.1. The minimum Gasteiger partial charge on any atom is -0.495 e. The Morgan fingerprint density at radius 2 is 2.21 bits per heavy atom. The van der Waals surface area contributed by atoms with Crippen LogP contribution in [-0.4, -0.2) is 11.7 Å². The fraction of sp³-hybridized carbons (Fsp3) is 0.143. The number of aromatic nitrogens is 1. The molecular weight excluding hydrogens is 308 g/mol. The van der Waals surface area contributed by atoms with E-state index in [1.165, 1.54) is 7.11 Å². The number of methoxy groups -OCH3 is 1. The number of pyridine rings is 1. The third-order valence-corrected chi connectivity index (χ3v) is 3.31. The second-order valence-corrected chi connectivity index (χ2v) is 4.79. The van der Waals surface area contributed by atoms with Crippen LogP contribution in [0.4, 0.5) is 0 Å². The van der Waals surface area contributed by atoms with E-state index in [2.05, 4.69) is 22.0 Å². The van der Waals surface area contributed by atoms with Gasteiger partial charge in [-0.1, -0.05) is 6.07 Å². The fourth-order valence-corrected chi connectivity index (χ4v) is 2.15. The second-order valence-electron chi connectivity index (χ2n) is 3.94. The van der Waals surface area contributed by atoms with E-state index < -0.39 is 0 Å². The molecule has 0 spiro atoms. The zero-order valence-electron chi connectivity index (χ0n) is 10.3. The molecule has 4 nitrogen and oxygen atoms in total. The Morgan fingerprint density at radius 3 is 2.89 bits per heavy atom. The van der Waals surface area contributed by atoms with Crippen molar-refractivity contribution in [1.29, 1.82) is 5.26 Å². The van der Waals surface area contributed by atoms with Gasteiger partial charge in [-0.25, -0.2) is 0 Å². The normalized spacial score (nSPS) is 9.95. The van der Waals surface area contributed by atoms with Gasteiger partial charge in [-0.15, -0.1) is 0 Å². The molecule has 2 aromatic rings. The van der Waals surface area contributed by atoms with Gasteiger partial charge in [-0.3, -0.25) is 4.79 Å². The van der Waals surface area contributed by atoms with Crippen molar-refractivity contribution in [2.24, 2.45) is 0 Å². The van der Waals surface area contributed by atoms with Gasteiger partial charge < -0.3 is 9.30 Å². The summed E-state index contributed by atoms with van der Waals surface area (Å²) in [5.41, 5.74) is 1.23. The molecule has 0 unspecified atom stereocenters. The van der Waals surface area contributed by atoms with Gasteiger partial charge in [0.15, 0.2) is 0 Å². The number of ether oxygens (including phenoxy) is 1. The highest BCUT2D eigenvalue weighted by atomic mass is 79.9. The van der Waals surface area contributed by atoms with Crippen molar-refractivity contribution < 1.29 is 4.74 Å². The van der Waals surface area contributed by atoms with E-state index in [1.807, 2.05) is 6.07 Å². The molecule has 0 radical (unpaired) electrons. The summed E-state index contributed by atoms with van der Waals surface area (Å²) in [6, 6.07) is 10.9. The number of rotatable bonds is 3. The van der Waals surface area contributed by atoms with Gasteiger partial charge in [0.25, 0.3) is 5.56 Å². The summed E-state index contributed by atoms with van der Waals surface area (Å²) in [6.45, 7) is 0.414. The van der Waals surface area contributed by atoms with Gasteiger partial charge in [0, 0.05) is 6.20 Å². The zero-order valence-corrected chi connectivity index (χ0v) is 11.8. The molecule has 0 aliphatic heterocycles. The second kappa shape index (κ2) is 5.72. The van der Waals surface area contributed by atoms with E-state index in [-0.39, 0.29) is 5.56 Å². The monoisotopic (exact) mass is 318 g/mol. The van der Waals surface area contributed by atoms with Gasteiger partial charge in [0.1, 0.15) is 11.8 Å². The molecular formula is C14H11BrN2O2. The first-order valence-electron chi connectivity index (χ1n) is 5.57. The van der Waals surface area contributed by atoms with Crippen LogP contribution in [0.15, 0.2) is 45.8 Å². The van der Waals surface area contributed by atoms with E-state index in [0.29, 0.717) is 22.3 Å². The molecule has 2 rings (SSSR count). The standard InChI is InChI=1S/C14H11BrN2O2/c1-19-13-5-4-10(7-11(13)8-16)9-17-6-2-3-12(15)14(17)18/h2-7H,9H2,1H3. The molecule has 0 atom stereocenters. The lowest BCUT2D eigenvalue weighted by molar-refractivity contribution is 0.413. The predicted molar refractivity (Wildman–Crippen MR) is 75.2 cm³/mol. The Bertz CT molecular complexity index is 701. The smallest absolute Gasteiger partial charge is 0.265 e. The van der Waals surface area contributed by atoms with E-state index in [9.17, 15) is 4.79 Å². The van der Waals surface area contributed by atoms with Gasteiger partial charge in [-0.05, 0) is 45.8 Å². The highest BCUT2D eigenvalue weighted by molar-refractivity contribution is 9.10. The van der Waals surface area contributed by atoms with Crippen LogP contribution in [0.3, 0.4) is 0 Å². The van der Waals surface area contributed by atoms with Gasteiger partial charge in [0.2, 0.25) is 0 Å². The average molecular weight is 319 g/mol. The molecule has 1 aromatic carbocycles. The summed E-state index contributed by atoms with van der Waals surface area (Å²) < 4.78 is 7.18. The van der Waals surface area contributed by atoms with Crippen molar-refractivity contribution in [1.82, 2.24) is 4.57 Å². The summed E-state index contributed by atoms with van der Waals surface area (Å²) >= 11 is 3.20. The minimum atomic E-state index is -0.100. The average Bonchev–Trinajstić information content (AvgIpc) is 2.43. The molecule has 19 heavy (non-hydrogen) atoms. The van der Waals surface area contributed by atoms with Crippen molar-refractivity contribution in [2.45, 2.75) is 6.54 Å². The molecule has 0 bridgehead atoms. The number of nitrogens with zero attached hydrogens (tertiary/aromatic N) is 2. The molecule has 0 N–H and O–H groups in total. The van der Waals surface area contributed by atoms with Crippen LogP contribution in [0.25, 0.3) is 0 Å². The Balaban J connectivity index is 2.37. The molecule has 1 aromatic heterocycles. The van der Waals surface area contributed by atoms with Crippen molar-refractivity contribution >= 4 is 15.9 Å². The van der Waals surface area contributed by atoms with E-state index in [1.54, 1.807) is 35.0 Å². The Hall–Kier alpha value is -2.06. The third kappa shape index (κ3) is 2.85. The van der Waals surface area contributed by atoms with Gasteiger partial charge in [-0.2, -0.15) is 5.26 Å². The molecule has 1 heterocycles. The number of benzene rings is 1. The van der Waals surface area contributed by atoms with Crippen LogP contribution < -0.4 is 10.3 Å². The first-order valence-corrected chi connectivity index (χ1v) is 6.37. The third-order valence-electron chi connectivity index (χ3n) is 2.71. The summed E-state index contributed by atoms with van der Waals surface area (Å²) in [5, 5.41) is 9.03. The lowest BCUT2D eigenvalue weighted by Crippen LogP contribution is -2.20. The summed E-state index contributed by atoms with van der Waals surface area (Å²) in [4.78, 5) is 11.9. The highest BCUT2D eigenvalue weighted by Crippen LogP contribution is 2.19. The molecule has 96 valence electrons. The van der Waals surface area contributed by atoms with Crippen LogP contribution in [0.1, 0.15) is 11.1 Å². The Labute approximate surface area is 119 Å². The fourth-order valence-electron chi connectivity index (χ4n) is 1.77. The Morgan fingerprint density at radius 1 is 1.42 bits per heavy atom. The van der Waals surface area contributed by atoms with Crippen LogP contribution in [0.2, 0.25) is 0 Å². The molecule has 5 heteroatoms. The van der Waals surface area contributed by atoms with Crippen molar-refractivity contribution in [3.8, 4) is 11.8 Å². The molecule has 0 aliphatic carbocycles. The quantitative estimate of drug-likeness (QED) is 0.873. The van der Waals surface area contributed by atoms with E-state index >= 15 is 0 Å². The summed E-state index contributed by atoms with van der Waals surface area (Å²) in [7, 11) is 1.52. The molecule has 0 fully saturated rings. The Kier molecular flexibility index (Phi) is 4.03. The maximum atomic E-state index is 11.9. The van der Waals surface area contributed by atoms with Gasteiger partial charge >= 0.3 is 0 Å². The number of hydrogen-bond acceptors (Lipinski definition) is 3. The SMILES string of the molecule is COc1ccc(Cn2cccc(Br)c2=O)cc1C#N.